The largest absolute Gasteiger partial charge is 0.492 e. The van der Waals surface area contributed by atoms with Gasteiger partial charge in [-0.3, -0.25) is 0 Å². The van der Waals surface area contributed by atoms with Crippen LogP contribution in [0.25, 0.3) is 44.8 Å². The predicted molar refractivity (Wildman–Crippen MR) is 279 cm³/mol. The number of imidazole rings is 2. The molecular weight excluding hydrogens is 879 g/mol. The van der Waals surface area contributed by atoms with Crippen LogP contribution in [0.4, 0.5) is 21.9 Å². The van der Waals surface area contributed by atoms with Crippen molar-refractivity contribution in [2.75, 3.05) is 89.3 Å². The Hall–Kier alpha value is -7.13. The molecule has 3 N–H and O–H groups in total. The van der Waals surface area contributed by atoms with Crippen molar-refractivity contribution in [2.45, 2.75) is 31.9 Å². The van der Waals surface area contributed by atoms with Crippen LogP contribution in [0.5, 0.6) is 5.75 Å². The lowest BCUT2D eigenvalue weighted by Gasteiger charge is -2.45. The summed E-state index contributed by atoms with van der Waals surface area (Å²) in [4.78, 5) is 38.8. The van der Waals surface area contributed by atoms with Crippen molar-refractivity contribution in [3.63, 3.8) is 0 Å². The van der Waals surface area contributed by atoms with Gasteiger partial charge in [0.2, 0.25) is 0 Å². The maximum absolute atomic E-state index is 12.8. The van der Waals surface area contributed by atoms with Crippen molar-refractivity contribution < 1.29 is 19.0 Å². The molecule has 2 aromatic heterocycles. The van der Waals surface area contributed by atoms with Crippen molar-refractivity contribution in [3.05, 3.63) is 143 Å². The van der Waals surface area contributed by atoms with E-state index in [1.165, 1.54) is 38.6 Å². The molecule has 0 unspecified atom stereocenters. The fraction of sp³-hybridized carbons (Fsp3) is 0.291. The van der Waals surface area contributed by atoms with Gasteiger partial charge in [0.15, 0.2) is 0 Å². The Bertz CT molecular complexity index is 3180. The Labute approximate surface area is 404 Å². The molecule has 1 amide bonds. The highest BCUT2D eigenvalue weighted by Gasteiger charge is 2.53. The van der Waals surface area contributed by atoms with Crippen LogP contribution in [-0.2, 0) is 28.3 Å². The first-order chi connectivity index (χ1) is 33.3. The zero-order chi connectivity index (χ0) is 47.6. The molecule has 1 spiro atoms. The SMILES string of the molecule is CN1CCN(c2ccc3nc(-c4ccc5nc(-c6ccc(OCCNC(=O)OCc7ccc8c(c7)COC87c8ccc(N(C)C)cc8[Si](C)(C)c8cc(N(C)C)ccc87)cc6)[nH]c5c4)[nH]c3c2)CC1. The van der Waals surface area contributed by atoms with Crippen LogP contribution in [0.1, 0.15) is 27.8 Å². The van der Waals surface area contributed by atoms with Gasteiger partial charge >= 0.3 is 6.09 Å². The Morgan fingerprint density at radius 3 is 2.00 bits per heavy atom. The molecule has 11 rings (SSSR count). The van der Waals surface area contributed by atoms with E-state index in [9.17, 15) is 4.79 Å². The second-order valence-corrected chi connectivity index (χ2v) is 23.9. The number of amides is 1. The number of hydrogen-bond acceptors (Lipinski definition) is 10. The number of rotatable bonds is 11. The number of fused-ring (bicyclic) bond motifs is 8. The number of alkyl carbamates (subject to hydrolysis) is 1. The van der Waals surface area contributed by atoms with Crippen LogP contribution in [0.15, 0.2) is 115 Å². The number of nitrogens with one attached hydrogen (secondary N) is 3. The zero-order valence-electron chi connectivity index (χ0n) is 40.4. The Kier molecular flexibility index (Phi) is 11.2. The summed E-state index contributed by atoms with van der Waals surface area (Å²) in [7, 11) is 8.43. The van der Waals surface area contributed by atoms with Gasteiger partial charge in [-0.05, 0) is 136 Å². The van der Waals surface area contributed by atoms with E-state index in [-0.39, 0.29) is 13.2 Å². The number of hydrogen-bond donors (Lipinski definition) is 3. The van der Waals surface area contributed by atoms with Gasteiger partial charge in [-0.2, -0.15) is 0 Å². The first kappa shape index (κ1) is 44.4. The summed E-state index contributed by atoms with van der Waals surface area (Å²) < 4.78 is 18.7. The molecule has 8 aromatic rings. The summed E-state index contributed by atoms with van der Waals surface area (Å²) in [6.07, 6.45) is -0.499. The van der Waals surface area contributed by atoms with Crippen molar-refractivity contribution >= 4 is 63.7 Å². The molecule has 14 heteroatoms. The highest BCUT2D eigenvalue weighted by atomic mass is 28.3. The van der Waals surface area contributed by atoms with E-state index in [1.54, 1.807) is 0 Å². The molecule has 1 fully saturated rings. The fourth-order valence-electron chi connectivity index (χ4n) is 10.4. The second kappa shape index (κ2) is 17.4. The molecule has 0 saturated carbocycles. The summed E-state index contributed by atoms with van der Waals surface area (Å²) in [6.45, 7) is 10.3. The number of benzene rings is 6. The number of likely N-dealkylation sites (N-methyl/N-ethyl adjacent to an activating group) is 1. The number of carbonyl (C=O) groups excluding carboxylic acids is 1. The molecule has 3 aliphatic heterocycles. The smallest absolute Gasteiger partial charge is 0.407 e. The molecular formula is C55H59N9O4Si. The number of piperazine rings is 1. The lowest BCUT2D eigenvalue weighted by molar-refractivity contribution is 0.0276. The molecule has 0 atom stereocenters. The molecule has 0 aliphatic carbocycles. The van der Waals surface area contributed by atoms with Gasteiger partial charge in [-0.1, -0.05) is 37.4 Å². The summed E-state index contributed by atoms with van der Waals surface area (Å²) in [5.41, 5.74) is 14.2. The third-order valence-electron chi connectivity index (χ3n) is 14.4. The van der Waals surface area contributed by atoms with Crippen LogP contribution in [0, 0.1) is 0 Å². The van der Waals surface area contributed by atoms with Crippen LogP contribution >= 0.6 is 0 Å². The van der Waals surface area contributed by atoms with Crippen molar-refractivity contribution in [3.8, 4) is 28.5 Å². The van der Waals surface area contributed by atoms with Crippen LogP contribution in [-0.4, -0.2) is 114 Å². The highest BCUT2D eigenvalue weighted by Crippen LogP contribution is 2.49. The van der Waals surface area contributed by atoms with Crippen molar-refractivity contribution in [1.82, 2.24) is 30.2 Å². The Morgan fingerprint density at radius 2 is 1.33 bits per heavy atom. The summed E-state index contributed by atoms with van der Waals surface area (Å²) >= 11 is 0. The minimum Gasteiger partial charge on any atom is -0.492 e. The molecule has 13 nitrogen and oxygen atoms in total. The first-order valence-corrected chi connectivity index (χ1v) is 26.8. The van der Waals surface area contributed by atoms with Crippen LogP contribution in [0.3, 0.4) is 0 Å². The van der Waals surface area contributed by atoms with E-state index >= 15 is 0 Å². The van der Waals surface area contributed by atoms with Crippen LogP contribution in [0.2, 0.25) is 13.1 Å². The first-order valence-electron chi connectivity index (χ1n) is 23.8. The maximum Gasteiger partial charge on any atom is 0.407 e. The predicted octanol–water partition coefficient (Wildman–Crippen LogP) is 7.92. The van der Waals surface area contributed by atoms with Gasteiger partial charge < -0.3 is 49.1 Å². The lowest BCUT2D eigenvalue weighted by Crippen LogP contribution is -2.63. The molecule has 69 heavy (non-hydrogen) atoms. The number of anilines is 3. The molecule has 0 bridgehead atoms. The normalized spacial score (nSPS) is 15.8. The lowest BCUT2D eigenvalue weighted by atomic mass is 9.79. The number of carbonyl (C=O) groups is 1. The van der Waals surface area contributed by atoms with E-state index in [2.05, 4.69) is 168 Å². The molecule has 3 aliphatic rings. The number of ether oxygens (including phenoxy) is 3. The Morgan fingerprint density at radius 1 is 0.725 bits per heavy atom. The van der Waals surface area contributed by atoms with E-state index in [1.807, 2.05) is 30.3 Å². The third-order valence-corrected chi connectivity index (χ3v) is 17.9. The van der Waals surface area contributed by atoms with Gasteiger partial charge in [0.1, 0.15) is 44.3 Å². The van der Waals surface area contributed by atoms with Gasteiger partial charge in [-0.15, -0.1) is 0 Å². The minimum absolute atomic E-state index is 0.140. The molecule has 5 heterocycles. The summed E-state index contributed by atoms with van der Waals surface area (Å²) in [5.74, 6) is 2.28. The number of H-pyrrole nitrogens is 2. The molecule has 1 saturated heterocycles. The van der Waals surface area contributed by atoms with Crippen LogP contribution < -0.4 is 35.1 Å². The van der Waals surface area contributed by atoms with E-state index in [4.69, 9.17) is 24.2 Å². The standard InChI is InChI=1S/C55H59N9O4Si/c1-61(2)39-12-18-44-50(31-39)69(6,7)51-32-40(62(3)4)13-19-45(51)55(44)43-17-8-35(28-38(43)34-68-55)33-67-54(65)56-22-27-66-42-15-9-36(10-16-42)52-57-46-20-11-37(29-48(46)59-52)53-58-47-21-14-41(30-49(47)60-53)64-25-23-63(5)24-26-64/h8-21,28-32H,22-27,33-34H2,1-7H3,(H,56,65)(H,57,59)(H,58,60). The van der Waals surface area contributed by atoms with E-state index < -0.39 is 19.8 Å². The zero-order valence-corrected chi connectivity index (χ0v) is 41.4. The molecule has 6 aromatic carbocycles. The van der Waals surface area contributed by atoms with Gasteiger partial charge in [0.25, 0.3) is 0 Å². The van der Waals surface area contributed by atoms with Crippen molar-refractivity contribution in [2.24, 2.45) is 0 Å². The average Bonchev–Trinajstić information content (AvgIpc) is 4.10. The number of aromatic amines is 2. The molecule has 0 radical (unpaired) electrons. The number of aromatic nitrogens is 4. The fourth-order valence-corrected chi connectivity index (χ4v) is 13.6. The van der Waals surface area contributed by atoms with Gasteiger partial charge in [0.05, 0.1) is 35.2 Å². The van der Waals surface area contributed by atoms with E-state index in [0.717, 1.165) is 87.7 Å². The average molecular weight is 938 g/mol. The Balaban J connectivity index is 0.699. The summed E-state index contributed by atoms with van der Waals surface area (Å²) in [6, 6.07) is 40.5. The highest BCUT2D eigenvalue weighted by molar-refractivity contribution is 7.01. The quantitative estimate of drug-likeness (QED) is 0.0870. The van der Waals surface area contributed by atoms with Gasteiger partial charge in [-0.25, -0.2) is 14.8 Å². The summed E-state index contributed by atoms with van der Waals surface area (Å²) in [5, 5.41) is 5.61. The monoisotopic (exact) mass is 937 g/mol. The second-order valence-electron chi connectivity index (χ2n) is 19.6. The maximum atomic E-state index is 12.8. The third kappa shape index (κ3) is 8.05. The van der Waals surface area contributed by atoms with Crippen molar-refractivity contribution in [1.29, 1.82) is 0 Å². The van der Waals surface area contributed by atoms with E-state index in [0.29, 0.717) is 18.9 Å². The van der Waals surface area contributed by atoms with Gasteiger partial charge in [0, 0.05) is 82.6 Å². The topological polar surface area (TPSA) is 127 Å². The molecule has 352 valence electrons. The number of nitrogens with zero attached hydrogens (tertiary/aromatic N) is 6. The minimum atomic E-state index is -2.12.